The fourth-order valence-corrected chi connectivity index (χ4v) is 4.82. The third kappa shape index (κ3) is 3.69. The van der Waals surface area contributed by atoms with Crippen molar-refractivity contribution in [1.82, 2.24) is 25.0 Å². The van der Waals surface area contributed by atoms with E-state index in [1.54, 1.807) is 23.9 Å². The summed E-state index contributed by atoms with van der Waals surface area (Å²) >= 11 is 0. The van der Waals surface area contributed by atoms with Crippen molar-refractivity contribution in [2.45, 2.75) is 50.3 Å². The maximum atomic E-state index is 12.7. The third-order valence-corrected chi connectivity index (χ3v) is 6.57. The van der Waals surface area contributed by atoms with Gasteiger partial charge < -0.3 is 0 Å². The number of fused-ring (bicyclic) bond motifs is 1. The van der Waals surface area contributed by atoms with Gasteiger partial charge in [-0.25, -0.2) is 13.4 Å². The molecule has 0 saturated heterocycles. The molecule has 144 valence electrons. The van der Waals surface area contributed by atoms with Gasteiger partial charge in [-0.15, -0.1) is 0 Å². The normalized spacial score (nSPS) is 16.1. The van der Waals surface area contributed by atoms with Crippen molar-refractivity contribution in [3.8, 4) is 0 Å². The first-order valence-corrected chi connectivity index (χ1v) is 10.8. The topological polar surface area (TPSA) is 106 Å². The summed E-state index contributed by atoms with van der Waals surface area (Å²) in [4.78, 5) is 4.34. The summed E-state index contributed by atoms with van der Waals surface area (Å²) < 4.78 is 29.6. The summed E-state index contributed by atoms with van der Waals surface area (Å²) in [5.41, 5.74) is 2.36. The molecule has 0 unspecified atom stereocenters. The van der Waals surface area contributed by atoms with E-state index in [1.807, 2.05) is 6.92 Å². The van der Waals surface area contributed by atoms with Gasteiger partial charge in [0.2, 0.25) is 0 Å². The number of rotatable bonds is 5. The van der Waals surface area contributed by atoms with Crippen molar-refractivity contribution >= 4 is 26.9 Å². The zero-order valence-electron chi connectivity index (χ0n) is 15.6. The van der Waals surface area contributed by atoms with Gasteiger partial charge in [0.05, 0.1) is 5.69 Å². The lowest BCUT2D eigenvalue weighted by molar-refractivity contribution is 0.354. The fourth-order valence-electron chi connectivity index (χ4n) is 3.85. The average Bonchev–Trinajstić information content (AvgIpc) is 3.19. The summed E-state index contributed by atoms with van der Waals surface area (Å²) in [5.74, 6) is 0.965. The molecule has 3 heterocycles. The maximum Gasteiger partial charge on any atom is 0.264 e. The van der Waals surface area contributed by atoms with Gasteiger partial charge in [0, 0.05) is 30.4 Å². The van der Waals surface area contributed by atoms with Crippen LogP contribution in [0.4, 0.5) is 5.82 Å². The number of sulfonamides is 1. The van der Waals surface area contributed by atoms with Crippen molar-refractivity contribution < 1.29 is 8.42 Å². The molecule has 1 aliphatic carbocycles. The molecule has 0 amide bonds. The third-order valence-electron chi connectivity index (χ3n) is 5.25. The second-order valence-corrected chi connectivity index (χ2v) is 9.03. The van der Waals surface area contributed by atoms with Crippen LogP contribution in [0.5, 0.6) is 0 Å². The summed E-state index contributed by atoms with van der Waals surface area (Å²) in [6.07, 6.45) is 8.60. The van der Waals surface area contributed by atoms with Crippen molar-refractivity contribution in [3.05, 3.63) is 29.7 Å². The van der Waals surface area contributed by atoms with Crippen molar-refractivity contribution in [1.29, 1.82) is 0 Å². The van der Waals surface area contributed by atoms with Gasteiger partial charge in [-0.3, -0.25) is 14.5 Å². The van der Waals surface area contributed by atoms with Crippen LogP contribution in [0.3, 0.4) is 0 Å². The molecule has 0 aliphatic heterocycles. The standard InChI is InChI=1S/C18H24N6O2S/c1-12-16-10-15(11-19-18(16)24(2)22-12)27(25,26)23-17-9-14(20-21-17)8-13-6-4-3-5-7-13/h9-11,13H,3-8H2,1-2H3,(H2,20,21,23). The Kier molecular flexibility index (Phi) is 4.63. The molecule has 0 aromatic carbocycles. The largest absolute Gasteiger partial charge is 0.280 e. The Bertz CT molecular complexity index is 1060. The number of aromatic nitrogens is 5. The lowest BCUT2D eigenvalue weighted by Crippen LogP contribution is -2.13. The first kappa shape index (κ1) is 18.0. The van der Waals surface area contributed by atoms with E-state index in [4.69, 9.17) is 0 Å². The van der Waals surface area contributed by atoms with Crippen LogP contribution in [0.2, 0.25) is 0 Å². The summed E-state index contributed by atoms with van der Waals surface area (Å²) in [7, 11) is -1.98. The minimum Gasteiger partial charge on any atom is -0.280 e. The van der Waals surface area contributed by atoms with E-state index < -0.39 is 10.0 Å². The number of anilines is 1. The minimum absolute atomic E-state index is 0.0999. The first-order valence-electron chi connectivity index (χ1n) is 9.29. The zero-order chi connectivity index (χ0) is 19.0. The Morgan fingerprint density at radius 1 is 1.26 bits per heavy atom. The van der Waals surface area contributed by atoms with Gasteiger partial charge in [0.25, 0.3) is 10.0 Å². The molecular formula is C18H24N6O2S. The quantitative estimate of drug-likeness (QED) is 0.699. The van der Waals surface area contributed by atoms with Crippen LogP contribution in [-0.2, 0) is 23.5 Å². The SMILES string of the molecule is Cc1nn(C)c2ncc(S(=O)(=O)Nc3cc(CC4CCCCC4)[nH]n3)cc12. The predicted octanol–water partition coefficient (Wildman–Crippen LogP) is 2.92. The van der Waals surface area contributed by atoms with Crippen molar-refractivity contribution in [2.24, 2.45) is 13.0 Å². The van der Waals surface area contributed by atoms with Gasteiger partial charge in [0.1, 0.15) is 4.90 Å². The Balaban J connectivity index is 1.52. The van der Waals surface area contributed by atoms with E-state index in [0.717, 1.165) is 23.2 Å². The first-order chi connectivity index (χ1) is 12.9. The zero-order valence-corrected chi connectivity index (χ0v) is 16.4. The number of hydrogen-bond donors (Lipinski definition) is 2. The number of aromatic amines is 1. The second kappa shape index (κ2) is 6.95. The predicted molar refractivity (Wildman–Crippen MR) is 103 cm³/mol. The number of nitrogens with one attached hydrogen (secondary N) is 2. The molecule has 2 N–H and O–H groups in total. The number of aryl methyl sites for hydroxylation is 2. The van der Waals surface area contributed by atoms with Crippen LogP contribution in [0.1, 0.15) is 43.5 Å². The van der Waals surface area contributed by atoms with Crippen LogP contribution in [0.25, 0.3) is 11.0 Å². The highest BCUT2D eigenvalue weighted by molar-refractivity contribution is 7.92. The van der Waals surface area contributed by atoms with E-state index in [-0.39, 0.29) is 4.90 Å². The highest BCUT2D eigenvalue weighted by Crippen LogP contribution is 2.27. The van der Waals surface area contributed by atoms with Crippen LogP contribution < -0.4 is 4.72 Å². The van der Waals surface area contributed by atoms with Crippen LogP contribution >= 0.6 is 0 Å². The van der Waals surface area contributed by atoms with Crippen molar-refractivity contribution in [3.63, 3.8) is 0 Å². The molecule has 4 rings (SSSR count). The van der Waals surface area contributed by atoms with E-state index in [0.29, 0.717) is 17.4 Å². The van der Waals surface area contributed by atoms with Crippen molar-refractivity contribution in [2.75, 3.05) is 4.72 Å². The molecule has 1 aliphatic rings. The smallest absolute Gasteiger partial charge is 0.264 e. The number of H-pyrrole nitrogens is 1. The van der Waals surface area contributed by atoms with Gasteiger partial charge in [-0.1, -0.05) is 32.1 Å². The van der Waals surface area contributed by atoms with Gasteiger partial charge in [-0.2, -0.15) is 10.2 Å². The highest BCUT2D eigenvalue weighted by Gasteiger charge is 2.20. The molecule has 3 aromatic heterocycles. The molecule has 1 saturated carbocycles. The van der Waals surface area contributed by atoms with E-state index >= 15 is 0 Å². The molecule has 0 spiro atoms. The molecule has 8 nitrogen and oxygen atoms in total. The summed E-state index contributed by atoms with van der Waals surface area (Å²) in [5, 5.41) is 12.1. The molecule has 1 fully saturated rings. The Hall–Kier alpha value is -2.42. The number of pyridine rings is 1. The molecule has 3 aromatic rings. The number of nitrogens with zero attached hydrogens (tertiary/aromatic N) is 4. The minimum atomic E-state index is -3.76. The molecule has 0 bridgehead atoms. The summed E-state index contributed by atoms with van der Waals surface area (Å²) in [6.45, 7) is 1.83. The molecule has 27 heavy (non-hydrogen) atoms. The van der Waals surface area contributed by atoms with Gasteiger partial charge >= 0.3 is 0 Å². The molecular weight excluding hydrogens is 364 g/mol. The summed E-state index contributed by atoms with van der Waals surface area (Å²) in [6, 6.07) is 3.38. The fraction of sp³-hybridized carbons (Fsp3) is 0.500. The monoisotopic (exact) mass is 388 g/mol. The van der Waals surface area contributed by atoms with E-state index in [9.17, 15) is 8.42 Å². The lowest BCUT2D eigenvalue weighted by atomic mass is 9.86. The van der Waals surface area contributed by atoms with Crippen LogP contribution in [-0.4, -0.2) is 33.4 Å². The van der Waals surface area contributed by atoms with Gasteiger partial charge in [-0.05, 0) is 25.3 Å². The van der Waals surface area contributed by atoms with Crippen LogP contribution in [0, 0.1) is 12.8 Å². The second-order valence-electron chi connectivity index (χ2n) is 7.34. The molecule has 0 radical (unpaired) electrons. The Morgan fingerprint density at radius 2 is 2.04 bits per heavy atom. The van der Waals surface area contributed by atoms with Gasteiger partial charge in [0.15, 0.2) is 11.5 Å². The lowest BCUT2D eigenvalue weighted by Gasteiger charge is -2.20. The highest BCUT2D eigenvalue weighted by atomic mass is 32.2. The Morgan fingerprint density at radius 3 is 2.81 bits per heavy atom. The van der Waals surface area contributed by atoms with Crippen LogP contribution in [0.15, 0.2) is 23.2 Å². The average molecular weight is 388 g/mol. The Labute approximate surface area is 158 Å². The van der Waals surface area contributed by atoms with E-state index in [1.165, 1.54) is 38.3 Å². The van der Waals surface area contributed by atoms with E-state index in [2.05, 4.69) is 25.0 Å². The molecule has 9 heteroatoms. The maximum absolute atomic E-state index is 12.7. The molecule has 0 atom stereocenters. The number of hydrogen-bond acceptors (Lipinski definition) is 5.